The number of aromatic nitrogens is 1. The second kappa shape index (κ2) is 8.56. The van der Waals surface area contributed by atoms with Gasteiger partial charge in [0.2, 0.25) is 0 Å². The smallest absolute Gasteiger partial charge is 0.286 e. The van der Waals surface area contributed by atoms with Gasteiger partial charge < -0.3 is 14.0 Å². The van der Waals surface area contributed by atoms with Crippen molar-refractivity contribution in [2.75, 3.05) is 20.3 Å². The molecule has 9 heteroatoms. The average molecular weight is 387 g/mol. The summed E-state index contributed by atoms with van der Waals surface area (Å²) in [6, 6.07) is 13.6. The Bertz CT molecular complexity index is 1030. The Morgan fingerprint density at radius 2 is 2.04 bits per heavy atom. The molecule has 0 saturated carbocycles. The van der Waals surface area contributed by atoms with Crippen LogP contribution in [0.1, 0.15) is 0 Å². The van der Waals surface area contributed by atoms with Crippen molar-refractivity contribution in [1.29, 1.82) is 0 Å². The van der Waals surface area contributed by atoms with Crippen molar-refractivity contribution in [3.05, 3.63) is 63.4 Å². The molecule has 1 heterocycles. The largest absolute Gasteiger partial charge is 0.484 e. The lowest BCUT2D eigenvalue weighted by atomic mass is 10.3. The van der Waals surface area contributed by atoms with Crippen LogP contribution in [-0.2, 0) is 16.1 Å². The molecular weight excluding hydrogens is 370 g/mol. The summed E-state index contributed by atoms with van der Waals surface area (Å²) in [5, 5.41) is 11.0. The van der Waals surface area contributed by atoms with E-state index in [2.05, 4.69) is 4.99 Å². The molecule has 0 unspecified atom stereocenters. The zero-order valence-electron chi connectivity index (χ0n) is 14.5. The number of rotatable bonds is 7. The Kier molecular flexibility index (Phi) is 5.94. The molecule has 1 aromatic heterocycles. The summed E-state index contributed by atoms with van der Waals surface area (Å²) in [7, 11) is 1.58. The Hall–Kier alpha value is -3.04. The molecule has 0 fully saturated rings. The van der Waals surface area contributed by atoms with Crippen LogP contribution in [-0.4, -0.2) is 35.7 Å². The maximum atomic E-state index is 12.2. The third-order valence-electron chi connectivity index (χ3n) is 3.72. The molecule has 0 spiro atoms. The highest BCUT2D eigenvalue weighted by atomic mass is 32.1. The van der Waals surface area contributed by atoms with Crippen molar-refractivity contribution in [2.45, 2.75) is 6.54 Å². The molecule has 0 atom stereocenters. The van der Waals surface area contributed by atoms with Gasteiger partial charge in [-0.15, -0.1) is 0 Å². The molecule has 0 bridgehead atoms. The number of fused-ring (bicyclic) bond motifs is 1. The molecule has 2 aromatic carbocycles. The number of ether oxygens (including phenoxy) is 2. The minimum Gasteiger partial charge on any atom is -0.484 e. The first-order valence-electron chi connectivity index (χ1n) is 8.10. The van der Waals surface area contributed by atoms with E-state index in [1.165, 1.54) is 23.5 Å². The lowest BCUT2D eigenvalue weighted by Crippen LogP contribution is -2.21. The van der Waals surface area contributed by atoms with Gasteiger partial charge in [0.05, 0.1) is 21.7 Å². The lowest BCUT2D eigenvalue weighted by molar-refractivity contribution is -0.384. The van der Waals surface area contributed by atoms with E-state index >= 15 is 0 Å². The number of amides is 1. The second-order valence-corrected chi connectivity index (χ2v) is 6.55. The van der Waals surface area contributed by atoms with Gasteiger partial charge in [0.15, 0.2) is 11.4 Å². The quantitative estimate of drug-likeness (QED) is 0.459. The highest BCUT2D eigenvalue weighted by molar-refractivity contribution is 7.16. The van der Waals surface area contributed by atoms with E-state index in [1.807, 2.05) is 22.8 Å². The zero-order valence-corrected chi connectivity index (χ0v) is 15.3. The van der Waals surface area contributed by atoms with Gasteiger partial charge in [0.25, 0.3) is 11.6 Å². The fraction of sp³-hybridized carbons (Fsp3) is 0.222. The topological polar surface area (TPSA) is 96.0 Å². The van der Waals surface area contributed by atoms with E-state index in [4.69, 9.17) is 9.47 Å². The fourth-order valence-electron chi connectivity index (χ4n) is 2.46. The highest BCUT2D eigenvalue weighted by Crippen LogP contribution is 2.23. The van der Waals surface area contributed by atoms with Gasteiger partial charge in [-0.3, -0.25) is 14.9 Å². The van der Waals surface area contributed by atoms with Gasteiger partial charge in [-0.25, -0.2) is 0 Å². The van der Waals surface area contributed by atoms with Crippen molar-refractivity contribution in [2.24, 2.45) is 4.99 Å². The van der Waals surface area contributed by atoms with Gasteiger partial charge in [0, 0.05) is 25.8 Å². The molecule has 27 heavy (non-hydrogen) atoms. The third-order valence-corrected chi connectivity index (χ3v) is 4.76. The standard InChI is InChI=1S/C18H17N3O5S/c1-25-10-9-20-15-8-7-13(21(23)24)11-16(15)27-18(20)19-17(22)12-26-14-5-3-2-4-6-14/h2-8,11H,9-10,12H2,1H3. The van der Waals surface area contributed by atoms with Crippen molar-refractivity contribution in [3.8, 4) is 5.75 Å². The zero-order chi connectivity index (χ0) is 19.2. The summed E-state index contributed by atoms with van der Waals surface area (Å²) in [6.07, 6.45) is 0. The molecule has 0 aliphatic heterocycles. The molecule has 1 amide bonds. The molecule has 0 aliphatic carbocycles. The molecule has 140 valence electrons. The monoisotopic (exact) mass is 387 g/mol. The van der Waals surface area contributed by atoms with Gasteiger partial charge >= 0.3 is 0 Å². The number of thiazole rings is 1. The lowest BCUT2D eigenvalue weighted by Gasteiger charge is -2.04. The van der Waals surface area contributed by atoms with Crippen LogP contribution in [0.2, 0.25) is 0 Å². The number of methoxy groups -OCH3 is 1. The van der Waals surface area contributed by atoms with Gasteiger partial charge in [0.1, 0.15) is 5.75 Å². The van der Waals surface area contributed by atoms with E-state index in [-0.39, 0.29) is 12.3 Å². The highest BCUT2D eigenvalue weighted by Gasteiger charge is 2.13. The number of carbonyl (C=O) groups excluding carboxylic acids is 1. The summed E-state index contributed by atoms with van der Waals surface area (Å²) >= 11 is 1.22. The van der Waals surface area contributed by atoms with Crippen LogP contribution in [0.3, 0.4) is 0 Å². The summed E-state index contributed by atoms with van der Waals surface area (Å²) in [5.74, 6) is 0.145. The molecular formula is C18H17N3O5S. The van der Waals surface area contributed by atoms with Gasteiger partial charge in [-0.05, 0) is 18.2 Å². The summed E-state index contributed by atoms with van der Waals surface area (Å²) in [4.78, 5) is 27.4. The SMILES string of the molecule is COCCn1c(=NC(=O)COc2ccccc2)sc2cc([N+](=O)[O-])ccc21. The number of benzene rings is 2. The van der Waals surface area contributed by atoms with Crippen molar-refractivity contribution >= 4 is 33.1 Å². The molecule has 3 aromatic rings. The Labute approximate surface area is 158 Å². The Balaban J connectivity index is 1.91. The third kappa shape index (κ3) is 4.57. The van der Waals surface area contributed by atoms with Crippen LogP contribution < -0.4 is 9.54 Å². The van der Waals surface area contributed by atoms with Crippen LogP contribution >= 0.6 is 11.3 Å². The minimum absolute atomic E-state index is 0.00655. The number of para-hydroxylation sites is 1. The van der Waals surface area contributed by atoms with Crippen molar-refractivity contribution < 1.29 is 19.2 Å². The van der Waals surface area contributed by atoms with Crippen molar-refractivity contribution in [1.82, 2.24) is 4.57 Å². The van der Waals surface area contributed by atoms with Crippen LogP contribution in [0.5, 0.6) is 5.75 Å². The van der Waals surface area contributed by atoms with Crippen LogP contribution in [0, 0.1) is 10.1 Å². The van der Waals surface area contributed by atoms with E-state index in [0.717, 1.165) is 5.52 Å². The first-order valence-corrected chi connectivity index (χ1v) is 8.92. The predicted octanol–water partition coefficient (Wildman–Crippen LogP) is 2.76. The number of nitrogens with zero attached hydrogens (tertiary/aromatic N) is 3. The molecule has 0 aliphatic rings. The van der Waals surface area contributed by atoms with E-state index in [9.17, 15) is 14.9 Å². The molecule has 0 radical (unpaired) electrons. The van der Waals surface area contributed by atoms with Crippen LogP contribution in [0.4, 0.5) is 5.69 Å². The minimum atomic E-state index is -0.450. The Morgan fingerprint density at radius 1 is 1.26 bits per heavy atom. The maximum Gasteiger partial charge on any atom is 0.286 e. The predicted molar refractivity (Wildman–Crippen MR) is 101 cm³/mol. The van der Waals surface area contributed by atoms with Gasteiger partial charge in [-0.2, -0.15) is 4.99 Å². The molecule has 8 nitrogen and oxygen atoms in total. The summed E-state index contributed by atoms with van der Waals surface area (Å²) in [6.45, 7) is 0.702. The fourth-order valence-corrected chi connectivity index (χ4v) is 3.57. The normalized spacial score (nSPS) is 11.7. The maximum absolute atomic E-state index is 12.2. The number of carbonyl (C=O) groups is 1. The Morgan fingerprint density at radius 3 is 2.74 bits per heavy atom. The number of nitro benzene ring substituents is 1. The summed E-state index contributed by atoms with van der Waals surface area (Å²) < 4.78 is 13.0. The first-order chi connectivity index (χ1) is 13.1. The van der Waals surface area contributed by atoms with Gasteiger partial charge in [-0.1, -0.05) is 29.5 Å². The average Bonchev–Trinajstić information content (AvgIpc) is 3.01. The molecule has 3 rings (SSSR count). The van der Waals surface area contributed by atoms with E-state index in [1.54, 1.807) is 25.3 Å². The summed E-state index contributed by atoms with van der Waals surface area (Å²) in [5.41, 5.74) is 0.756. The van der Waals surface area contributed by atoms with E-state index < -0.39 is 10.8 Å². The second-order valence-electron chi connectivity index (χ2n) is 5.55. The molecule has 0 saturated heterocycles. The van der Waals surface area contributed by atoms with E-state index in [0.29, 0.717) is 28.4 Å². The number of hydrogen-bond acceptors (Lipinski definition) is 6. The first kappa shape index (κ1) is 18.7. The number of non-ortho nitro benzene ring substituents is 1. The van der Waals surface area contributed by atoms with Crippen LogP contribution in [0.15, 0.2) is 53.5 Å². The van der Waals surface area contributed by atoms with Crippen molar-refractivity contribution in [3.63, 3.8) is 0 Å². The van der Waals surface area contributed by atoms with Crippen LogP contribution in [0.25, 0.3) is 10.2 Å². The number of hydrogen-bond donors (Lipinski definition) is 0. The molecule has 0 N–H and O–H groups in total. The number of nitro groups is 1.